The second-order valence-electron chi connectivity index (χ2n) is 4.73. The summed E-state index contributed by atoms with van der Waals surface area (Å²) in [4.78, 5) is 25.3. The summed E-state index contributed by atoms with van der Waals surface area (Å²) < 4.78 is 7.31. The number of hydrogen-bond donors (Lipinski definition) is 1. The van der Waals surface area contributed by atoms with Gasteiger partial charge in [0.15, 0.2) is 0 Å². The van der Waals surface area contributed by atoms with E-state index in [0.29, 0.717) is 11.5 Å². The lowest BCUT2D eigenvalue weighted by atomic mass is 10.0. The molecule has 0 amide bonds. The maximum Gasteiger partial charge on any atom is 0.330 e. The van der Waals surface area contributed by atoms with Crippen LogP contribution in [0.25, 0.3) is 0 Å². The maximum atomic E-state index is 11.7. The van der Waals surface area contributed by atoms with Gasteiger partial charge in [-0.05, 0) is 25.7 Å². The third kappa shape index (κ3) is 2.20. The average Bonchev–Trinajstić information content (AvgIpc) is 2.65. The van der Waals surface area contributed by atoms with Crippen LogP contribution < -0.4 is 11.2 Å². The van der Waals surface area contributed by atoms with E-state index in [9.17, 15) is 9.59 Å². The Bertz CT molecular complexity index is 517. The Hall–Kier alpha value is -1.36. The second-order valence-corrected chi connectivity index (χ2v) is 4.73. The number of nitrogens with zero attached hydrogens (tertiary/aromatic N) is 1. The van der Waals surface area contributed by atoms with Gasteiger partial charge in [-0.3, -0.25) is 14.3 Å². The number of ether oxygens (including phenoxy) is 1. The summed E-state index contributed by atoms with van der Waals surface area (Å²) in [5.74, 6) is 0.434. The van der Waals surface area contributed by atoms with E-state index in [4.69, 9.17) is 4.74 Å². The minimum Gasteiger partial charge on any atom is -0.354 e. The fourth-order valence-corrected chi connectivity index (χ4v) is 2.34. The number of rotatable bonds is 2. The summed E-state index contributed by atoms with van der Waals surface area (Å²) in [6, 6.07) is 0. The highest BCUT2D eigenvalue weighted by atomic mass is 16.5. The quantitative estimate of drug-likeness (QED) is 0.841. The molecule has 94 valence electrons. The van der Waals surface area contributed by atoms with Crippen LogP contribution in [0.15, 0.2) is 15.8 Å². The molecule has 0 radical (unpaired) electrons. The smallest absolute Gasteiger partial charge is 0.330 e. The SMILES string of the molecule is CC[C@H]1O[C@@H](n2cc(C)c(=O)[nH]c2=O)C[C@H]1C. The standard InChI is InChI=1S/C12H18N2O3/c1-4-9-7(2)5-10(17-9)14-6-8(3)11(15)13-12(14)16/h6-7,9-10H,4-5H2,1-3H3,(H,13,15,16)/t7-,9-,10-/m1/s1. The fraction of sp³-hybridized carbons (Fsp3) is 0.667. The first-order valence-corrected chi connectivity index (χ1v) is 6.00. The van der Waals surface area contributed by atoms with Crippen LogP contribution in [0.4, 0.5) is 0 Å². The molecule has 5 heteroatoms. The first-order valence-electron chi connectivity index (χ1n) is 6.00. The van der Waals surface area contributed by atoms with Crippen molar-refractivity contribution in [3.63, 3.8) is 0 Å². The molecule has 5 nitrogen and oxygen atoms in total. The van der Waals surface area contributed by atoms with Gasteiger partial charge in [-0.15, -0.1) is 0 Å². The summed E-state index contributed by atoms with van der Waals surface area (Å²) >= 11 is 0. The highest BCUT2D eigenvalue weighted by Crippen LogP contribution is 2.33. The molecule has 1 N–H and O–H groups in total. The molecule has 0 saturated carbocycles. The summed E-state index contributed by atoms with van der Waals surface area (Å²) in [6.07, 6.45) is 3.27. The van der Waals surface area contributed by atoms with Crippen LogP contribution in [0.2, 0.25) is 0 Å². The average molecular weight is 238 g/mol. The molecular weight excluding hydrogens is 220 g/mol. The van der Waals surface area contributed by atoms with Crippen LogP contribution in [-0.2, 0) is 4.74 Å². The van der Waals surface area contributed by atoms with E-state index in [0.717, 1.165) is 12.8 Å². The Balaban J connectivity index is 2.34. The lowest BCUT2D eigenvalue weighted by Crippen LogP contribution is -2.33. The zero-order valence-corrected chi connectivity index (χ0v) is 10.4. The van der Waals surface area contributed by atoms with Gasteiger partial charge in [0.2, 0.25) is 0 Å². The molecule has 1 aliphatic rings. The zero-order chi connectivity index (χ0) is 12.6. The van der Waals surface area contributed by atoms with Gasteiger partial charge >= 0.3 is 5.69 Å². The maximum absolute atomic E-state index is 11.7. The van der Waals surface area contributed by atoms with E-state index >= 15 is 0 Å². The van der Waals surface area contributed by atoms with Gasteiger partial charge in [-0.2, -0.15) is 0 Å². The van der Waals surface area contributed by atoms with Crippen molar-refractivity contribution in [1.82, 2.24) is 9.55 Å². The van der Waals surface area contributed by atoms with Crippen molar-refractivity contribution in [1.29, 1.82) is 0 Å². The Kier molecular flexibility index (Phi) is 3.19. The van der Waals surface area contributed by atoms with Gasteiger partial charge in [-0.25, -0.2) is 4.79 Å². The monoisotopic (exact) mass is 238 g/mol. The molecule has 2 heterocycles. The topological polar surface area (TPSA) is 64.1 Å². The highest BCUT2D eigenvalue weighted by molar-refractivity contribution is 5.01. The number of aromatic nitrogens is 2. The van der Waals surface area contributed by atoms with Crippen molar-refractivity contribution in [2.24, 2.45) is 5.92 Å². The van der Waals surface area contributed by atoms with Crippen molar-refractivity contribution in [2.75, 3.05) is 0 Å². The predicted octanol–water partition coefficient (Wildman–Crippen LogP) is 1.18. The van der Waals surface area contributed by atoms with Gasteiger partial charge in [-0.1, -0.05) is 13.8 Å². The summed E-state index contributed by atoms with van der Waals surface area (Å²) in [5.41, 5.74) is -0.195. The molecule has 1 saturated heterocycles. The molecule has 0 spiro atoms. The molecule has 2 rings (SSSR count). The third-order valence-corrected chi connectivity index (χ3v) is 3.40. The molecular formula is C12H18N2O3. The lowest BCUT2D eigenvalue weighted by molar-refractivity contribution is -0.00768. The van der Waals surface area contributed by atoms with E-state index in [1.54, 1.807) is 13.1 Å². The van der Waals surface area contributed by atoms with Crippen LogP contribution in [0.1, 0.15) is 38.5 Å². The van der Waals surface area contributed by atoms with Crippen molar-refractivity contribution < 1.29 is 4.74 Å². The minimum absolute atomic E-state index is 0.194. The highest BCUT2D eigenvalue weighted by Gasteiger charge is 2.32. The Labute approximate surface area is 99.4 Å². The van der Waals surface area contributed by atoms with Crippen molar-refractivity contribution in [3.8, 4) is 0 Å². The van der Waals surface area contributed by atoms with Crippen LogP contribution in [0, 0.1) is 12.8 Å². The molecule has 1 aromatic rings. The van der Waals surface area contributed by atoms with Crippen molar-refractivity contribution >= 4 is 0 Å². The second kappa shape index (κ2) is 4.49. The number of aromatic amines is 1. The molecule has 0 unspecified atom stereocenters. The normalized spacial score (nSPS) is 28.5. The minimum atomic E-state index is -0.394. The molecule has 0 aromatic carbocycles. The number of aryl methyl sites for hydroxylation is 1. The van der Waals surface area contributed by atoms with Gasteiger partial charge < -0.3 is 4.74 Å². The predicted molar refractivity (Wildman–Crippen MR) is 64.0 cm³/mol. The molecule has 0 bridgehead atoms. The first-order chi connectivity index (χ1) is 8.02. The van der Waals surface area contributed by atoms with E-state index in [2.05, 4.69) is 18.8 Å². The van der Waals surface area contributed by atoms with E-state index < -0.39 is 5.69 Å². The third-order valence-electron chi connectivity index (χ3n) is 3.40. The largest absolute Gasteiger partial charge is 0.354 e. The van der Waals surface area contributed by atoms with Crippen molar-refractivity contribution in [2.45, 2.75) is 45.9 Å². The molecule has 1 aromatic heterocycles. The fourth-order valence-electron chi connectivity index (χ4n) is 2.34. The van der Waals surface area contributed by atoms with Gasteiger partial charge in [0.25, 0.3) is 5.56 Å². The van der Waals surface area contributed by atoms with Crippen LogP contribution >= 0.6 is 0 Å². The van der Waals surface area contributed by atoms with Gasteiger partial charge in [0.05, 0.1) is 6.10 Å². The number of nitrogens with one attached hydrogen (secondary N) is 1. The first kappa shape index (κ1) is 12.1. The van der Waals surface area contributed by atoms with Crippen LogP contribution in [0.3, 0.4) is 0 Å². The Morgan fingerprint density at radius 2 is 2.24 bits per heavy atom. The van der Waals surface area contributed by atoms with Gasteiger partial charge in [0, 0.05) is 11.8 Å². The lowest BCUT2D eigenvalue weighted by Gasteiger charge is -2.15. The van der Waals surface area contributed by atoms with Crippen molar-refractivity contribution in [3.05, 3.63) is 32.6 Å². The van der Waals surface area contributed by atoms with E-state index in [1.807, 2.05) is 0 Å². The zero-order valence-electron chi connectivity index (χ0n) is 10.4. The van der Waals surface area contributed by atoms with E-state index in [-0.39, 0.29) is 17.9 Å². The van der Waals surface area contributed by atoms with E-state index in [1.165, 1.54) is 4.57 Å². The number of H-pyrrole nitrogens is 1. The van der Waals surface area contributed by atoms with Crippen LogP contribution in [-0.4, -0.2) is 15.7 Å². The number of hydrogen-bond acceptors (Lipinski definition) is 3. The van der Waals surface area contributed by atoms with Crippen LogP contribution in [0.5, 0.6) is 0 Å². The summed E-state index contributed by atoms with van der Waals surface area (Å²) in [6.45, 7) is 5.88. The molecule has 3 atom stereocenters. The summed E-state index contributed by atoms with van der Waals surface area (Å²) in [5, 5.41) is 0. The Morgan fingerprint density at radius 1 is 1.53 bits per heavy atom. The van der Waals surface area contributed by atoms with Gasteiger partial charge in [0.1, 0.15) is 6.23 Å². The molecule has 0 aliphatic carbocycles. The molecule has 1 aliphatic heterocycles. The molecule has 1 fully saturated rings. The Morgan fingerprint density at radius 3 is 2.82 bits per heavy atom. The molecule has 17 heavy (non-hydrogen) atoms. The summed E-state index contributed by atoms with van der Waals surface area (Å²) in [7, 11) is 0.